The molecule has 0 aliphatic carbocycles. The number of pyridine rings is 1. The molecule has 3 aromatic rings. The average Bonchev–Trinajstić information content (AvgIpc) is 2.63. The second-order valence-electron chi connectivity index (χ2n) is 6.34. The molecule has 3 rings (SSSR count). The van der Waals surface area contributed by atoms with Gasteiger partial charge in [-0.3, -0.25) is 14.3 Å². The zero-order valence-corrected chi connectivity index (χ0v) is 15.9. The number of nitrogens with zero attached hydrogens (tertiary/aromatic N) is 2. The van der Waals surface area contributed by atoms with Crippen molar-refractivity contribution >= 4 is 0 Å². The Hall–Kier alpha value is -3.42. The van der Waals surface area contributed by atoms with Crippen LogP contribution in [0.4, 0.5) is 4.39 Å². The second kappa shape index (κ2) is 7.67. The minimum atomic E-state index is -1.50. The second-order valence-corrected chi connectivity index (χ2v) is 6.34. The van der Waals surface area contributed by atoms with Gasteiger partial charge in [0.05, 0.1) is 5.69 Å². The molecule has 0 aliphatic heterocycles. The lowest BCUT2D eigenvalue weighted by atomic mass is 10.0. The third-order valence-corrected chi connectivity index (χ3v) is 4.25. The van der Waals surface area contributed by atoms with Gasteiger partial charge in [-0.25, -0.2) is 14.2 Å². The third-order valence-electron chi connectivity index (χ3n) is 4.25. The Bertz CT molecular complexity index is 1100. The first-order valence-corrected chi connectivity index (χ1v) is 8.62. The van der Waals surface area contributed by atoms with E-state index in [1.165, 1.54) is 17.7 Å². The molecule has 7 nitrogen and oxygen atoms in total. The Kier molecular flexibility index (Phi) is 5.30. The molecule has 1 N–H and O–H groups in total. The van der Waals surface area contributed by atoms with E-state index in [-0.39, 0.29) is 11.6 Å². The normalized spacial score (nSPS) is 11.9. The van der Waals surface area contributed by atoms with Crippen molar-refractivity contribution in [1.82, 2.24) is 14.5 Å². The minimum absolute atomic E-state index is 0.138. The number of aryl methyl sites for hydroxylation is 1. The number of alkyl halides is 1. The molecule has 0 aliphatic rings. The average molecular weight is 385 g/mol. The van der Waals surface area contributed by atoms with Gasteiger partial charge in [0.15, 0.2) is 5.75 Å². The van der Waals surface area contributed by atoms with Crippen LogP contribution in [0.25, 0.3) is 11.3 Å². The predicted molar refractivity (Wildman–Crippen MR) is 103 cm³/mol. The Morgan fingerprint density at radius 1 is 1.21 bits per heavy atom. The molecule has 2 heterocycles. The van der Waals surface area contributed by atoms with E-state index in [0.29, 0.717) is 17.0 Å². The standard InChI is InChI=1S/C20H20FN3O4/c1-11-10-14(28-19-16(27-13(3)21)6-5-9-22-19)7-8-15(11)17-12(2)18(25)23-20(26)24(17)4/h5-10,13H,1-4H3,(H,23,25,26). The van der Waals surface area contributed by atoms with Gasteiger partial charge in [0.1, 0.15) is 5.75 Å². The highest BCUT2D eigenvalue weighted by atomic mass is 19.1. The number of ether oxygens (including phenoxy) is 2. The lowest BCUT2D eigenvalue weighted by molar-refractivity contribution is 0.0825. The van der Waals surface area contributed by atoms with Crippen LogP contribution in [0.2, 0.25) is 0 Å². The first kappa shape index (κ1) is 19.3. The van der Waals surface area contributed by atoms with Crippen LogP contribution >= 0.6 is 0 Å². The summed E-state index contributed by atoms with van der Waals surface area (Å²) in [7, 11) is 1.60. The number of hydrogen-bond acceptors (Lipinski definition) is 5. The lowest BCUT2D eigenvalue weighted by Gasteiger charge is -2.15. The summed E-state index contributed by atoms with van der Waals surface area (Å²) in [6, 6.07) is 8.37. The predicted octanol–water partition coefficient (Wildman–Crippen LogP) is 3.24. The number of H-pyrrole nitrogens is 1. The largest absolute Gasteiger partial charge is 0.455 e. The zero-order valence-electron chi connectivity index (χ0n) is 15.9. The van der Waals surface area contributed by atoms with Crippen LogP contribution in [0.3, 0.4) is 0 Å². The molecule has 146 valence electrons. The molecule has 0 fully saturated rings. The van der Waals surface area contributed by atoms with Crippen LogP contribution in [0, 0.1) is 13.8 Å². The summed E-state index contributed by atoms with van der Waals surface area (Å²) in [6.45, 7) is 4.77. The number of aromatic amines is 1. The maximum Gasteiger partial charge on any atom is 0.328 e. The molecular formula is C20H20FN3O4. The quantitative estimate of drug-likeness (QED) is 0.729. The number of rotatable bonds is 5. The van der Waals surface area contributed by atoms with Gasteiger partial charge >= 0.3 is 5.69 Å². The number of halogens is 1. The van der Waals surface area contributed by atoms with Gasteiger partial charge in [-0.2, -0.15) is 0 Å². The summed E-state index contributed by atoms with van der Waals surface area (Å²) >= 11 is 0. The van der Waals surface area contributed by atoms with Gasteiger partial charge in [-0.05, 0) is 49.7 Å². The Morgan fingerprint density at radius 2 is 1.96 bits per heavy atom. The van der Waals surface area contributed by atoms with Crippen LogP contribution in [0.1, 0.15) is 18.1 Å². The fourth-order valence-electron chi connectivity index (χ4n) is 2.91. The van der Waals surface area contributed by atoms with E-state index in [1.54, 1.807) is 44.3 Å². The number of hydrogen-bond donors (Lipinski definition) is 1. The van der Waals surface area contributed by atoms with Crippen molar-refractivity contribution in [3.8, 4) is 28.6 Å². The van der Waals surface area contributed by atoms with Crippen LogP contribution < -0.4 is 20.7 Å². The summed E-state index contributed by atoms with van der Waals surface area (Å²) in [5.41, 5.74) is 1.58. The minimum Gasteiger partial charge on any atom is -0.455 e. The highest BCUT2D eigenvalue weighted by Gasteiger charge is 2.15. The highest BCUT2D eigenvalue weighted by Crippen LogP contribution is 2.32. The van der Waals surface area contributed by atoms with E-state index in [0.717, 1.165) is 11.1 Å². The smallest absolute Gasteiger partial charge is 0.328 e. The molecule has 0 radical (unpaired) electrons. The van der Waals surface area contributed by atoms with Gasteiger partial charge in [-0.1, -0.05) is 0 Å². The first-order chi connectivity index (χ1) is 13.3. The molecule has 2 aromatic heterocycles. The molecule has 0 spiro atoms. The summed E-state index contributed by atoms with van der Waals surface area (Å²) in [5, 5.41) is 0. The summed E-state index contributed by atoms with van der Waals surface area (Å²) < 4.78 is 25.4. The van der Waals surface area contributed by atoms with Crippen LogP contribution in [-0.4, -0.2) is 20.9 Å². The van der Waals surface area contributed by atoms with Crippen molar-refractivity contribution in [3.05, 3.63) is 68.5 Å². The van der Waals surface area contributed by atoms with E-state index >= 15 is 0 Å². The van der Waals surface area contributed by atoms with Crippen LogP contribution in [0.15, 0.2) is 46.1 Å². The molecule has 0 saturated heterocycles. The maximum absolute atomic E-state index is 13.2. The van der Waals surface area contributed by atoms with Crippen molar-refractivity contribution in [2.24, 2.45) is 7.05 Å². The summed E-state index contributed by atoms with van der Waals surface area (Å²) in [6.07, 6.45) is 0.0120. The molecule has 1 atom stereocenters. The molecule has 28 heavy (non-hydrogen) atoms. The SMILES string of the molecule is Cc1cc(Oc2ncccc2OC(C)F)ccc1-c1c(C)c(=O)[nH]c(=O)n1C. The van der Waals surface area contributed by atoms with E-state index in [2.05, 4.69) is 9.97 Å². The summed E-state index contributed by atoms with van der Waals surface area (Å²) in [5.74, 6) is 0.787. The lowest BCUT2D eigenvalue weighted by Crippen LogP contribution is -2.31. The zero-order chi connectivity index (χ0) is 20.4. The summed E-state index contributed by atoms with van der Waals surface area (Å²) in [4.78, 5) is 30.3. The van der Waals surface area contributed by atoms with Gasteiger partial charge in [0.2, 0.25) is 6.36 Å². The topological polar surface area (TPSA) is 86.2 Å². The van der Waals surface area contributed by atoms with Gasteiger partial charge in [0, 0.05) is 31.3 Å². The van der Waals surface area contributed by atoms with E-state index < -0.39 is 17.6 Å². The van der Waals surface area contributed by atoms with Crippen molar-refractivity contribution in [2.75, 3.05) is 0 Å². The first-order valence-electron chi connectivity index (χ1n) is 8.62. The van der Waals surface area contributed by atoms with Crippen molar-refractivity contribution in [1.29, 1.82) is 0 Å². The number of nitrogens with one attached hydrogen (secondary N) is 1. The molecule has 1 unspecified atom stereocenters. The monoisotopic (exact) mass is 385 g/mol. The molecule has 0 amide bonds. The fourth-order valence-corrected chi connectivity index (χ4v) is 2.91. The molecule has 0 bridgehead atoms. The Morgan fingerprint density at radius 3 is 2.64 bits per heavy atom. The fraction of sp³-hybridized carbons (Fsp3) is 0.250. The third kappa shape index (κ3) is 3.80. The van der Waals surface area contributed by atoms with Crippen molar-refractivity contribution in [2.45, 2.75) is 27.1 Å². The van der Waals surface area contributed by atoms with E-state index in [4.69, 9.17) is 9.47 Å². The van der Waals surface area contributed by atoms with Crippen molar-refractivity contribution < 1.29 is 13.9 Å². The molecule has 0 saturated carbocycles. The van der Waals surface area contributed by atoms with Crippen LogP contribution in [-0.2, 0) is 7.05 Å². The van der Waals surface area contributed by atoms with Crippen LogP contribution in [0.5, 0.6) is 17.4 Å². The van der Waals surface area contributed by atoms with E-state index in [9.17, 15) is 14.0 Å². The number of benzene rings is 1. The molecule has 8 heteroatoms. The maximum atomic E-state index is 13.2. The van der Waals surface area contributed by atoms with E-state index in [1.807, 2.05) is 6.92 Å². The Balaban J connectivity index is 2.00. The van der Waals surface area contributed by atoms with Gasteiger partial charge in [-0.15, -0.1) is 0 Å². The highest BCUT2D eigenvalue weighted by molar-refractivity contribution is 5.67. The van der Waals surface area contributed by atoms with Gasteiger partial charge < -0.3 is 9.47 Å². The Labute approximate surface area is 160 Å². The van der Waals surface area contributed by atoms with Crippen molar-refractivity contribution in [3.63, 3.8) is 0 Å². The molecular weight excluding hydrogens is 365 g/mol. The number of aromatic nitrogens is 3. The van der Waals surface area contributed by atoms with Gasteiger partial charge in [0.25, 0.3) is 11.4 Å². The molecule has 1 aromatic carbocycles.